The van der Waals surface area contributed by atoms with Crippen LogP contribution in [0.25, 0.3) is 0 Å². The predicted octanol–water partition coefficient (Wildman–Crippen LogP) is 3.36. The molecule has 0 aliphatic carbocycles. The summed E-state index contributed by atoms with van der Waals surface area (Å²) in [7, 11) is 0. The van der Waals surface area contributed by atoms with Crippen LogP contribution < -0.4 is 10.1 Å². The van der Waals surface area contributed by atoms with Gasteiger partial charge in [0.05, 0.1) is 5.56 Å². The molecule has 1 aliphatic heterocycles. The molecular formula is C17H17ClF3N3O2. The smallest absolute Gasteiger partial charge is 0.417 e. The van der Waals surface area contributed by atoms with Crippen LogP contribution in [0.3, 0.4) is 0 Å². The Hall–Kier alpha value is -2.32. The summed E-state index contributed by atoms with van der Waals surface area (Å²) in [5.74, 6) is 0.388. The molecule has 0 spiro atoms. The van der Waals surface area contributed by atoms with Crippen molar-refractivity contribution >= 4 is 18.3 Å². The summed E-state index contributed by atoms with van der Waals surface area (Å²) < 4.78 is 42.9. The second-order valence-corrected chi connectivity index (χ2v) is 5.55. The maximum atomic E-state index is 12.5. The number of amides is 1. The molecule has 1 N–H and O–H groups in total. The third kappa shape index (κ3) is 4.86. The van der Waals surface area contributed by atoms with Gasteiger partial charge in [0.1, 0.15) is 5.75 Å². The van der Waals surface area contributed by atoms with Gasteiger partial charge in [-0.2, -0.15) is 13.2 Å². The second-order valence-electron chi connectivity index (χ2n) is 5.55. The van der Waals surface area contributed by atoms with Crippen molar-refractivity contribution in [3.05, 3.63) is 53.7 Å². The molecule has 0 unspecified atom stereocenters. The highest BCUT2D eigenvalue weighted by Gasteiger charge is 2.30. The van der Waals surface area contributed by atoms with Crippen LogP contribution in [0.4, 0.5) is 13.2 Å². The number of aromatic nitrogens is 1. The van der Waals surface area contributed by atoms with Gasteiger partial charge in [-0.05, 0) is 30.3 Å². The Bertz CT molecular complexity index is 730. The topological polar surface area (TPSA) is 54.5 Å². The lowest BCUT2D eigenvalue weighted by molar-refractivity contribution is -0.137. The van der Waals surface area contributed by atoms with E-state index >= 15 is 0 Å². The van der Waals surface area contributed by atoms with E-state index in [0.717, 1.165) is 31.4 Å². The highest BCUT2D eigenvalue weighted by Crippen LogP contribution is 2.30. The highest BCUT2D eigenvalue weighted by atomic mass is 35.5. The molecule has 1 aliphatic rings. The summed E-state index contributed by atoms with van der Waals surface area (Å²) in [4.78, 5) is 17.8. The highest BCUT2D eigenvalue weighted by molar-refractivity contribution is 5.94. The fourth-order valence-corrected chi connectivity index (χ4v) is 2.45. The summed E-state index contributed by atoms with van der Waals surface area (Å²) in [5.41, 5.74) is -0.300. The summed E-state index contributed by atoms with van der Waals surface area (Å²) in [5, 5.41) is 3.18. The maximum absolute atomic E-state index is 12.5. The zero-order valence-electron chi connectivity index (χ0n) is 13.6. The molecule has 5 nitrogen and oxygen atoms in total. The van der Waals surface area contributed by atoms with Crippen LogP contribution in [0.15, 0.2) is 42.6 Å². The Morgan fingerprint density at radius 2 is 1.73 bits per heavy atom. The van der Waals surface area contributed by atoms with E-state index in [1.165, 1.54) is 0 Å². The Labute approximate surface area is 154 Å². The Kier molecular flexibility index (Phi) is 6.44. The third-order valence-electron chi connectivity index (χ3n) is 3.79. The summed E-state index contributed by atoms with van der Waals surface area (Å²) >= 11 is 0. The zero-order valence-corrected chi connectivity index (χ0v) is 14.4. The quantitative estimate of drug-likeness (QED) is 0.877. The molecule has 1 fully saturated rings. The van der Waals surface area contributed by atoms with E-state index in [1.807, 2.05) is 0 Å². The van der Waals surface area contributed by atoms with Gasteiger partial charge in [-0.15, -0.1) is 12.4 Å². The fraction of sp³-hybridized carbons (Fsp3) is 0.294. The van der Waals surface area contributed by atoms with Gasteiger partial charge in [0.2, 0.25) is 5.88 Å². The maximum Gasteiger partial charge on any atom is 0.417 e. The molecule has 0 saturated carbocycles. The molecule has 1 aromatic heterocycles. The van der Waals surface area contributed by atoms with Crippen molar-refractivity contribution in [1.82, 2.24) is 15.2 Å². The first-order valence-corrected chi connectivity index (χ1v) is 7.75. The molecule has 1 amide bonds. The predicted molar refractivity (Wildman–Crippen MR) is 91.8 cm³/mol. The fourth-order valence-electron chi connectivity index (χ4n) is 2.45. The van der Waals surface area contributed by atoms with E-state index in [4.69, 9.17) is 4.74 Å². The van der Waals surface area contributed by atoms with Gasteiger partial charge in [0.25, 0.3) is 5.91 Å². The van der Waals surface area contributed by atoms with Gasteiger partial charge in [-0.25, -0.2) is 4.98 Å². The molecule has 140 valence electrons. The number of piperazine rings is 1. The van der Waals surface area contributed by atoms with Crippen LogP contribution in [-0.2, 0) is 6.18 Å². The number of hydrogen-bond acceptors (Lipinski definition) is 4. The van der Waals surface area contributed by atoms with Gasteiger partial charge < -0.3 is 15.0 Å². The second kappa shape index (κ2) is 8.37. The molecule has 3 rings (SSSR count). The van der Waals surface area contributed by atoms with E-state index in [0.29, 0.717) is 24.4 Å². The summed E-state index contributed by atoms with van der Waals surface area (Å²) in [6.07, 6.45) is -3.71. The van der Waals surface area contributed by atoms with Crippen molar-refractivity contribution in [1.29, 1.82) is 0 Å². The van der Waals surface area contributed by atoms with Gasteiger partial charge in [0.15, 0.2) is 0 Å². The van der Waals surface area contributed by atoms with Crippen LogP contribution in [0.1, 0.15) is 15.9 Å². The summed E-state index contributed by atoms with van der Waals surface area (Å²) in [6.45, 7) is 2.86. The molecule has 0 bridgehead atoms. The van der Waals surface area contributed by atoms with Crippen molar-refractivity contribution < 1.29 is 22.7 Å². The average molecular weight is 388 g/mol. The molecule has 0 radical (unpaired) electrons. The zero-order chi connectivity index (χ0) is 17.9. The minimum absolute atomic E-state index is 0. The van der Waals surface area contributed by atoms with Crippen molar-refractivity contribution in [2.45, 2.75) is 6.18 Å². The number of halogens is 4. The SMILES string of the molecule is Cl.O=C(c1ccc(Oc2ccc(C(F)(F)F)cn2)cc1)N1CCNCC1. The lowest BCUT2D eigenvalue weighted by Crippen LogP contribution is -2.46. The van der Waals surface area contributed by atoms with Crippen molar-refractivity contribution in [2.75, 3.05) is 26.2 Å². The van der Waals surface area contributed by atoms with Crippen LogP contribution in [0.5, 0.6) is 11.6 Å². The molecule has 9 heteroatoms. The molecule has 1 aromatic carbocycles. The number of carbonyl (C=O) groups excluding carboxylic acids is 1. The Morgan fingerprint density at radius 3 is 2.27 bits per heavy atom. The van der Waals surface area contributed by atoms with Crippen molar-refractivity contribution in [2.24, 2.45) is 0 Å². The van der Waals surface area contributed by atoms with E-state index in [-0.39, 0.29) is 24.2 Å². The lowest BCUT2D eigenvalue weighted by atomic mass is 10.2. The molecule has 26 heavy (non-hydrogen) atoms. The first kappa shape index (κ1) is 20.0. The monoisotopic (exact) mass is 387 g/mol. The van der Waals surface area contributed by atoms with Crippen LogP contribution in [0.2, 0.25) is 0 Å². The van der Waals surface area contributed by atoms with Crippen LogP contribution in [0, 0.1) is 0 Å². The molecule has 2 heterocycles. The van der Waals surface area contributed by atoms with Gasteiger partial charge in [-0.3, -0.25) is 4.79 Å². The number of nitrogens with zero attached hydrogens (tertiary/aromatic N) is 2. The number of hydrogen-bond donors (Lipinski definition) is 1. The molecule has 0 atom stereocenters. The standard InChI is InChI=1S/C17H16F3N3O2.ClH/c18-17(19,20)13-3-6-15(22-11-13)25-14-4-1-12(2-5-14)16(24)23-9-7-21-8-10-23;/h1-6,11,21H,7-10H2;1H. The normalized spacial score (nSPS) is 14.5. The van der Waals surface area contributed by atoms with E-state index in [9.17, 15) is 18.0 Å². The minimum Gasteiger partial charge on any atom is -0.439 e. The number of rotatable bonds is 3. The van der Waals surface area contributed by atoms with Gasteiger partial charge >= 0.3 is 6.18 Å². The number of benzene rings is 1. The van der Waals surface area contributed by atoms with E-state index in [2.05, 4.69) is 10.3 Å². The first-order chi connectivity index (χ1) is 11.9. The largest absolute Gasteiger partial charge is 0.439 e. The van der Waals surface area contributed by atoms with Crippen molar-refractivity contribution in [3.8, 4) is 11.6 Å². The van der Waals surface area contributed by atoms with E-state index in [1.54, 1.807) is 29.2 Å². The molecule has 1 saturated heterocycles. The number of alkyl halides is 3. The summed E-state index contributed by atoms with van der Waals surface area (Å²) in [6, 6.07) is 8.50. The number of pyridine rings is 1. The van der Waals surface area contributed by atoms with Crippen LogP contribution >= 0.6 is 12.4 Å². The minimum atomic E-state index is -4.43. The average Bonchev–Trinajstić information content (AvgIpc) is 2.62. The third-order valence-corrected chi connectivity index (χ3v) is 3.79. The van der Waals surface area contributed by atoms with E-state index < -0.39 is 11.7 Å². The Balaban J connectivity index is 0.00000243. The number of carbonyl (C=O) groups is 1. The lowest BCUT2D eigenvalue weighted by Gasteiger charge is -2.27. The molecule has 2 aromatic rings. The van der Waals surface area contributed by atoms with Crippen molar-refractivity contribution in [3.63, 3.8) is 0 Å². The number of nitrogens with one attached hydrogen (secondary N) is 1. The Morgan fingerprint density at radius 1 is 1.08 bits per heavy atom. The number of ether oxygens (including phenoxy) is 1. The first-order valence-electron chi connectivity index (χ1n) is 7.75. The van der Waals surface area contributed by atoms with Gasteiger partial charge in [0, 0.05) is 44.0 Å². The van der Waals surface area contributed by atoms with Gasteiger partial charge in [-0.1, -0.05) is 0 Å². The molecular weight excluding hydrogens is 371 g/mol. The van der Waals surface area contributed by atoms with Crippen LogP contribution in [-0.4, -0.2) is 42.0 Å².